The second kappa shape index (κ2) is 12.7. The number of aromatic amines is 1. The maximum Gasteiger partial charge on any atom is 0.268 e. The number of aromatic nitrogens is 3. The lowest BCUT2D eigenvalue weighted by Gasteiger charge is -2.32. The van der Waals surface area contributed by atoms with E-state index in [1.165, 1.54) is 0 Å². The molecular weight excluding hydrogens is 567 g/mol. The van der Waals surface area contributed by atoms with E-state index in [0.717, 1.165) is 78.1 Å². The van der Waals surface area contributed by atoms with Gasteiger partial charge in [-0.25, -0.2) is 4.98 Å². The first kappa shape index (κ1) is 28.5. The highest BCUT2D eigenvalue weighted by Crippen LogP contribution is 2.39. The molecule has 9 heteroatoms. The molecule has 7 nitrogen and oxygen atoms in total. The summed E-state index contributed by atoms with van der Waals surface area (Å²) in [6, 6.07) is 23.6. The summed E-state index contributed by atoms with van der Waals surface area (Å²) in [5.74, 6) is -0.144. The molecule has 1 saturated heterocycles. The zero-order valence-electron chi connectivity index (χ0n) is 23.6. The number of carbonyl (C=O) groups is 1. The topological polar surface area (TPSA) is 69.2 Å². The molecule has 2 N–H and O–H groups in total. The number of nitrogens with zero attached hydrogens (tertiary/aromatic N) is 4. The van der Waals surface area contributed by atoms with Crippen LogP contribution in [0.25, 0.3) is 33.4 Å². The molecule has 216 valence electrons. The summed E-state index contributed by atoms with van der Waals surface area (Å²) in [6.07, 6.45) is 2.74. The van der Waals surface area contributed by atoms with Gasteiger partial charge in [-0.1, -0.05) is 71.7 Å². The highest BCUT2D eigenvalue weighted by Gasteiger charge is 2.26. The molecule has 42 heavy (non-hydrogen) atoms. The summed E-state index contributed by atoms with van der Waals surface area (Å²) in [5, 5.41) is 5.38. The van der Waals surface area contributed by atoms with Crippen LogP contribution >= 0.6 is 23.2 Å². The Bertz CT molecular complexity index is 1670. The van der Waals surface area contributed by atoms with Crippen LogP contribution in [0.3, 0.4) is 0 Å². The van der Waals surface area contributed by atoms with Crippen molar-refractivity contribution in [3.05, 3.63) is 100 Å². The molecule has 0 spiro atoms. The number of H-pyrrole nitrogens is 1. The smallest absolute Gasteiger partial charge is 0.268 e. The number of likely N-dealkylation sites (N-methyl/N-ethyl adjacent to an activating group) is 1. The van der Waals surface area contributed by atoms with E-state index in [9.17, 15) is 4.79 Å². The van der Waals surface area contributed by atoms with Crippen LogP contribution in [0.2, 0.25) is 10.0 Å². The van der Waals surface area contributed by atoms with Crippen molar-refractivity contribution in [2.75, 3.05) is 46.3 Å². The van der Waals surface area contributed by atoms with Crippen LogP contribution in [-0.2, 0) is 6.54 Å². The molecule has 0 atom stereocenters. The molecule has 1 aliphatic heterocycles. The number of imidazole rings is 1. The van der Waals surface area contributed by atoms with Crippen molar-refractivity contribution in [1.82, 2.24) is 29.7 Å². The maximum atomic E-state index is 13.8. The van der Waals surface area contributed by atoms with Crippen LogP contribution in [0.1, 0.15) is 22.5 Å². The van der Waals surface area contributed by atoms with Gasteiger partial charge in [-0.15, -0.1) is 0 Å². The van der Waals surface area contributed by atoms with Crippen LogP contribution in [-0.4, -0.2) is 76.6 Å². The Morgan fingerprint density at radius 1 is 0.952 bits per heavy atom. The fraction of sp³-hybridized carbons (Fsp3) is 0.273. The number of benzene rings is 3. The predicted octanol–water partition coefficient (Wildman–Crippen LogP) is 6.42. The van der Waals surface area contributed by atoms with E-state index in [1.54, 1.807) is 0 Å². The lowest BCUT2D eigenvalue weighted by Crippen LogP contribution is -2.45. The van der Waals surface area contributed by atoms with Gasteiger partial charge in [0.25, 0.3) is 5.91 Å². The van der Waals surface area contributed by atoms with Crippen LogP contribution in [0.5, 0.6) is 0 Å². The van der Waals surface area contributed by atoms with Gasteiger partial charge in [0.15, 0.2) is 0 Å². The minimum Gasteiger partial charge on any atom is -0.351 e. The Morgan fingerprint density at radius 3 is 2.45 bits per heavy atom. The summed E-state index contributed by atoms with van der Waals surface area (Å²) in [7, 11) is 2.16. The molecule has 1 amide bonds. The molecule has 2 aromatic heterocycles. The van der Waals surface area contributed by atoms with E-state index in [1.807, 2.05) is 79.1 Å². The quantitative estimate of drug-likeness (QED) is 0.191. The number of hydrogen-bond acceptors (Lipinski definition) is 4. The predicted molar refractivity (Wildman–Crippen MR) is 171 cm³/mol. The van der Waals surface area contributed by atoms with E-state index in [4.69, 9.17) is 28.2 Å². The number of carbonyl (C=O) groups excluding carboxylic acids is 1. The van der Waals surface area contributed by atoms with Gasteiger partial charge < -0.3 is 24.7 Å². The molecule has 0 bridgehead atoms. The van der Waals surface area contributed by atoms with Crippen LogP contribution < -0.4 is 5.32 Å². The number of rotatable bonds is 9. The van der Waals surface area contributed by atoms with Crippen molar-refractivity contribution in [3.63, 3.8) is 0 Å². The number of piperazine rings is 1. The molecule has 3 aromatic carbocycles. The van der Waals surface area contributed by atoms with Gasteiger partial charge in [-0.2, -0.15) is 0 Å². The lowest BCUT2D eigenvalue weighted by atomic mass is 10.0. The van der Waals surface area contributed by atoms with E-state index in [2.05, 4.69) is 31.7 Å². The van der Waals surface area contributed by atoms with Crippen LogP contribution in [0.15, 0.2) is 79.1 Å². The summed E-state index contributed by atoms with van der Waals surface area (Å²) >= 11 is 12.6. The number of fused-ring (bicyclic) bond motifs is 1. The van der Waals surface area contributed by atoms with Crippen molar-refractivity contribution in [3.8, 4) is 22.5 Å². The largest absolute Gasteiger partial charge is 0.351 e. The van der Waals surface area contributed by atoms with Crippen molar-refractivity contribution >= 4 is 40.0 Å². The summed E-state index contributed by atoms with van der Waals surface area (Å²) in [5.41, 5.74) is 5.85. The summed E-state index contributed by atoms with van der Waals surface area (Å²) in [6.45, 7) is 6.43. The Kier molecular flexibility index (Phi) is 8.63. The molecule has 1 fully saturated rings. The van der Waals surface area contributed by atoms with Crippen molar-refractivity contribution in [1.29, 1.82) is 0 Å². The third-order valence-electron chi connectivity index (χ3n) is 7.91. The average molecular weight is 602 g/mol. The first-order valence-corrected chi connectivity index (χ1v) is 15.1. The van der Waals surface area contributed by atoms with E-state index in [-0.39, 0.29) is 5.91 Å². The van der Waals surface area contributed by atoms with Gasteiger partial charge in [0.05, 0.1) is 17.7 Å². The van der Waals surface area contributed by atoms with Crippen LogP contribution in [0.4, 0.5) is 0 Å². The van der Waals surface area contributed by atoms with Gasteiger partial charge in [0.2, 0.25) is 0 Å². The Balaban J connectivity index is 1.36. The zero-order chi connectivity index (χ0) is 29.1. The van der Waals surface area contributed by atoms with E-state index < -0.39 is 0 Å². The molecule has 0 aliphatic carbocycles. The lowest BCUT2D eigenvalue weighted by molar-refractivity contribution is 0.0946. The third-order valence-corrected chi connectivity index (χ3v) is 8.40. The van der Waals surface area contributed by atoms with Gasteiger partial charge in [-0.05, 0) is 49.8 Å². The van der Waals surface area contributed by atoms with E-state index in [0.29, 0.717) is 28.8 Å². The van der Waals surface area contributed by atoms with Crippen molar-refractivity contribution in [2.24, 2.45) is 0 Å². The number of hydrogen-bond donors (Lipinski definition) is 2. The highest BCUT2D eigenvalue weighted by molar-refractivity contribution is 6.31. The number of halogens is 2. The van der Waals surface area contributed by atoms with Crippen molar-refractivity contribution in [2.45, 2.75) is 13.0 Å². The number of nitrogens with one attached hydrogen (secondary N) is 2. The third kappa shape index (κ3) is 6.25. The van der Waals surface area contributed by atoms with Crippen molar-refractivity contribution < 1.29 is 4.79 Å². The fourth-order valence-electron chi connectivity index (χ4n) is 5.61. The zero-order valence-corrected chi connectivity index (χ0v) is 25.1. The SMILES string of the molecule is CN1CCN(CCCNC(=O)c2[nH]c3cc(Cl)ccc3c2-c2c(-c3ccccc3)ncn2Cc2ccc(Cl)cc2)CC1. The van der Waals surface area contributed by atoms with Crippen LogP contribution in [0, 0.1) is 0 Å². The Labute approximate surface area is 256 Å². The molecule has 0 unspecified atom stereocenters. The summed E-state index contributed by atoms with van der Waals surface area (Å²) < 4.78 is 2.10. The average Bonchev–Trinajstić information content (AvgIpc) is 3.58. The minimum atomic E-state index is -0.144. The molecule has 5 aromatic rings. The molecule has 3 heterocycles. The number of amides is 1. The normalized spacial score (nSPS) is 14.5. The monoisotopic (exact) mass is 600 g/mol. The maximum absolute atomic E-state index is 13.8. The minimum absolute atomic E-state index is 0.144. The highest BCUT2D eigenvalue weighted by atomic mass is 35.5. The molecule has 6 rings (SSSR count). The molecule has 1 aliphatic rings. The first-order valence-electron chi connectivity index (χ1n) is 14.3. The molecular formula is C33H34Cl2N6O. The standard InChI is InChI=1S/C33H34Cl2N6O/c1-39-16-18-40(19-17-39)15-5-14-36-33(42)31-29(27-13-12-26(35)20-28(27)38-31)32-30(24-6-3-2-4-7-24)37-22-41(32)21-23-8-10-25(34)11-9-23/h2-4,6-13,20,22,38H,5,14-19,21H2,1H3,(H,36,42). The Morgan fingerprint density at radius 2 is 1.69 bits per heavy atom. The van der Waals surface area contributed by atoms with Gasteiger partial charge >= 0.3 is 0 Å². The van der Waals surface area contributed by atoms with E-state index >= 15 is 0 Å². The summed E-state index contributed by atoms with van der Waals surface area (Å²) in [4.78, 5) is 26.9. The van der Waals surface area contributed by atoms with Gasteiger partial charge in [-0.3, -0.25) is 4.79 Å². The second-order valence-electron chi connectivity index (χ2n) is 10.9. The second-order valence-corrected chi connectivity index (χ2v) is 11.8. The fourth-order valence-corrected chi connectivity index (χ4v) is 5.91. The first-order chi connectivity index (χ1) is 20.5. The molecule has 0 saturated carbocycles. The van der Waals surface area contributed by atoms with Gasteiger partial charge in [0.1, 0.15) is 5.69 Å². The Hall–Kier alpha value is -3.62. The molecule has 0 radical (unpaired) electrons. The van der Waals surface area contributed by atoms with Gasteiger partial charge in [0, 0.05) is 71.3 Å².